The highest BCUT2D eigenvalue weighted by atomic mass is 19.1. The number of hydrogen-bond acceptors (Lipinski definition) is 5. The van der Waals surface area contributed by atoms with Crippen LogP contribution in [0.5, 0.6) is 0 Å². The number of anilines is 1. The van der Waals surface area contributed by atoms with Gasteiger partial charge in [-0.15, -0.1) is 0 Å². The van der Waals surface area contributed by atoms with E-state index in [0.717, 1.165) is 18.2 Å². The lowest BCUT2D eigenvalue weighted by Gasteiger charge is -2.09. The molecule has 11 heteroatoms. The van der Waals surface area contributed by atoms with E-state index in [4.69, 9.17) is 0 Å². The number of aromatic amines is 2. The topological polar surface area (TPSA) is 126 Å². The number of halogens is 2. The maximum absolute atomic E-state index is 14.1. The summed E-state index contributed by atoms with van der Waals surface area (Å²) in [6.45, 7) is 2.26. The molecule has 0 spiro atoms. The Balaban J connectivity index is 1.46. The summed E-state index contributed by atoms with van der Waals surface area (Å²) in [5.74, 6) is -1.59. The number of aromatic nitrogens is 5. The first-order valence-corrected chi connectivity index (χ1v) is 10.7. The third kappa shape index (κ3) is 4.07. The van der Waals surface area contributed by atoms with Crippen molar-refractivity contribution in [3.8, 4) is 11.4 Å². The minimum Gasteiger partial charge on any atom is -0.338 e. The highest BCUT2D eigenvalue weighted by Gasteiger charge is 2.15. The van der Waals surface area contributed by atoms with Crippen molar-refractivity contribution in [1.29, 1.82) is 0 Å². The second-order valence-corrected chi connectivity index (χ2v) is 7.90. The van der Waals surface area contributed by atoms with Crippen LogP contribution in [0.2, 0.25) is 0 Å². The monoisotopic (exact) mass is 476 g/mol. The van der Waals surface area contributed by atoms with Gasteiger partial charge in [-0.1, -0.05) is 6.92 Å². The van der Waals surface area contributed by atoms with Crippen LogP contribution in [0.4, 0.5) is 14.5 Å². The lowest BCUT2D eigenvalue weighted by Crippen LogP contribution is -2.31. The Morgan fingerprint density at radius 1 is 1.09 bits per heavy atom. The Hall–Kier alpha value is -4.67. The lowest BCUT2D eigenvalue weighted by molar-refractivity contribution is 0.102. The lowest BCUT2D eigenvalue weighted by atomic mass is 10.2. The summed E-state index contributed by atoms with van der Waals surface area (Å²) >= 11 is 0. The smallest absolute Gasteiger partial charge is 0.329 e. The van der Waals surface area contributed by atoms with E-state index in [-0.39, 0.29) is 28.0 Å². The quantitative estimate of drug-likeness (QED) is 0.358. The van der Waals surface area contributed by atoms with Crippen molar-refractivity contribution in [2.45, 2.75) is 19.9 Å². The number of benzene rings is 2. The number of nitrogens with zero attached hydrogens (tertiary/aromatic N) is 3. The van der Waals surface area contributed by atoms with Crippen LogP contribution in [0.1, 0.15) is 23.7 Å². The van der Waals surface area contributed by atoms with Gasteiger partial charge < -0.3 is 10.3 Å². The number of H-pyrrole nitrogens is 2. The largest absolute Gasteiger partial charge is 0.338 e. The number of imidazole rings is 1. The molecule has 176 valence electrons. The first-order chi connectivity index (χ1) is 16.8. The van der Waals surface area contributed by atoms with Gasteiger partial charge in [0.1, 0.15) is 23.1 Å². The predicted molar refractivity (Wildman–Crippen MR) is 126 cm³/mol. The molecule has 5 rings (SSSR count). The number of carbonyl (C=O) groups excluding carboxylic acids is 1. The molecule has 5 aromatic rings. The van der Waals surface area contributed by atoms with Crippen LogP contribution >= 0.6 is 0 Å². The van der Waals surface area contributed by atoms with Gasteiger partial charge in [0.2, 0.25) is 0 Å². The maximum Gasteiger partial charge on any atom is 0.329 e. The molecule has 0 aliphatic carbocycles. The van der Waals surface area contributed by atoms with Crippen molar-refractivity contribution in [3.63, 3.8) is 0 Å². The van der Waals surface area contributed by atoms with Crippen molar-refractivity contribution in [3.05, 3.63) is 86.7 Å². The molecule has 0 fully saturated rings. The minimum atomic E-state index is -0.629. The zero-order valence-electron chi connectivity index (χ0n) is 18.4. The van der Waals surface area contributed by atoms with Crippen molar-refractivity contribution in [1.82, 2.24) is 24.5 Å². The molecule has 0 aliphatic rings. The van der Waals surface area contributed by atoms with Crippen LogP contribution in [-0.4, -0.2) is 30.4 Å². The molecule has 0 aliphatic heterocycles. The van der Waals surface area contributed by atoms with Crippen LogP contribution in [0.3, 0.4) is 0 Å². The summed E-state index contributed by atoms with van der Waals surface area (Å²) in [6.07, 6.45) is 1.96. The van der Waals surface area contributed by atoms with Crippen molar-refractivity contribution in [2.24, 2.45) is 0 Å². The van der Waals surface area contributed by atoms with E-state index in [2.05, 4.69) is 25.3 Å². The summed E-state index contributed by atoms with van der Waals surface area (Å²) in [7, 11) is 0. The van der Waals surface area contributed by atoms with Gasteiger partial charge in [0.15, 0.2) is 0 Å². The van der Waals surface area contributed by atoms with E-state index in [1.807, 2.05) is 6.92 Å². The van der Waals surface area contributed by atoms with E-state index >= 15 is 0 Å². The van der Waals surface area contributed by atoms with Crippen LogP contribution < -0.4 is 16.6 Å². The summed E-state index contributed by atoms with van der Waals surface area (Å²) in [5.41, 5.74) is 0.524. The fraction of sp³-hybridized carbons (Fsp3) is 0.125. The number of aryl methyl sites for hydroxylation is 1. The Morgan fingerprint density at radius 3 is 2.71 bits per heavy atom. The standard InChI is InChI=1S/C24H18F2N6O3/c1-2-7-32-21-16(23(34)31-24(32)35)8-12(11-27-21)22(33)28-14-4-6-18-19(10-14)30-20(29-18)15-9-13(25)3-5-17(15)26/h3-6,8-11H,2,7H2,1H3,(H,28,33)(H,29,30)(H,31,34,35). The molecule has 0 saturated carbocycles. The highest BCUT2D eigenvalue weighted by Crippen LogP contribution is 2.26. The number of fused-ring (bicyclic) bond motifs is 2. The van der Waals surface area contributed by atoms with Crippen molar-refractivity contribution in [2.75, 3.05) is 5.32 Å². The number of pyridine rings is 1. The minimum absolute atomic E-state index is 0.0132. The van der Waals surface area contributed by atoms with Crippen LogP contribution in [0.15, 0.2) is 58.3 Å². The second kappa shape index (κ2) is 8.60. The third-order valence-electron chi connectivity index (χ3n) is 5.47. The van der Waals surface area contributed by atoms with Gasteiger partial charge in [0.05, 0.1) is 27.5 Å². The zero-order chi connectivity index (χ0) is 24.7. The third-order valence-corrected chi connectivity index (χ3v) is 5.47. The number of carbonyl (C=O) groups is 1. The average Bonchev–Trinajstić information content (AvgIpc) is 3.26. The predicted octanol–water partition coefficient (Wildman–Crippen LogP) is 3.57. The first-order valence-electron chi connectivity index (χ1n) is 10.7. The van der Waals surface area contributed by atoms with Gasteiger partial charge in [0, 0.05) is 18.4 Å². The molecule has 0 radical (unpaired) electrons. The van der Waals surface area contributed by atoms with E-state index in [1.54, 1.807) is 18.2 Å². The van der Waals surface area contributed by atoms with Crippen LogP contribution in [-0.2, 0) is 6.54 Å². The molecular formula is C24H18F2N6O3. The molecule has 9 nitrogen and oxygen atoms in total. The summed E-state index contributed by atoms with van der Waals surface area (Å²) in [6, 6.07) is 9.29. The van der Waals surface area contributed by atoms with Gasteiger partial charge in [-0.25, -0.2) is 23.5 Å². The van der Waals surface area contributed by atoms with Crippen LogP contribution in [0.25, 0.3) is 33.5 Å². The van der Waals surface area contributed by atoms with E-state index in [9.17, 15) is 23.2 Å². The fourth-order valence-corrected chi connectivity index (χ4v) is 3.82. The van der Waals surface area contributed by atoms with Crippen LogP contribution in [0, 0.1) is 11.6 Å². The summed E-state index contributed by atoms with van der Waals surface area (Å²) in [4.78, 5) is 50.9. The normalized spacial score (nSPS) is 11.3. The molecule has 3 heterocycles. The van der Waals surface area contributed by atoms with Gasteiger partial charge in [-0.05, 0) is 48.9 Å². The molecule has 2 aromatic carbocycles. The number of amides is 1. The van der Waals surface area contributed by atoms with Gasteiger partial charge in [0.25, 0.3) is 11.5 Å². The SMILES string of the molecule is CCCn1c(=O)[nH]c(=O)c2cc(C(=O)Nc3ccc4nc(-c5cc(F)ccc5F)[nH]c4c3)cnc21. The molecule has 1 amide bonds. The molecule has 0 atom stereocenters. The highest BCUT2D eigenvalue weighted by molar-refractivity contribution is 6.06. The zero-order valence-corrected chi connectivity index (χ0v) is 18.4. The molecule has 3 N–H and O–H groups in total. The Kier molecular flexibility index (Phi) is 5.44. The average molecular weight is 476 g/mol. The summed E-state index contributed by atoms with van der Waals surface area (Å²) < 4.78 is 29.0. The van der Waals surface area contributed by atoms with Crippen molar-refractivity contribution >= 4 is 33.7 Å². The molecule has 0 saturated heterocycles. The second-order valence-electron chi connectivity index (χ2n) is 7.90. The van der Waals surface area contributed by atoms with Crippen molar-refractivity contribution < 1.29 is 13.6 Å². The first kappa shape index (κ1) is 22.1. The molecular weight excluding hydrogens is 458 g/mol. The van der Waals surface area contributed by atoms with E-state index in [1.165, 1.54) is 16.8 Å². The molecule has 3 aromatic heterocycles. The van der Waals surface area contributed by atoms with Gasteiger partial charge in [-0.3, -0.25) is 19.1 Å². The Morgan fingerprint density at radius 2 is 1.91 bits per heavy atom. The molecule has 0 bridgehead atoms. The molecule has 0 unspecified atom stereocenters. The number of hydrogen-bond donors (Lipinski definition) is 3. The van der Waals surface area contributed by atoms with Gasteiger partial charge >= 0.3 is 5.69 Å². The number of nitrogens with one attached hydrogen (secondary N) is 3. The maximum atomic E-state index is 14.1. The fourth-order valence-electron chi connectivity index (χ4n) is 3.82. The Bertz CT molecular complexity index is 1740. The molecule has 35 heavy (non-hydrogen) atoms. The Labute approximate surface area is 195 Å². The summed E-state index contributed by atoms with van der Waals surface area (Å²) in [5, 5.41) is 2.84. The van der Waals surface area contributed by atoms with E-state index in [0.29, 0.717) is 29.7 Å². The van der Waals surface area contributed by atoms with Gasteiger partial charge in [-0.2, -0.15) is 0 Å². The number of rotatable bonds is 5. The van der Waals surface area contributed by atoms with E-state index < -0.39 is 28.8 Å².